The Morgan fingerprint density at radius 2 is 1.88 bits per heavy atom. The van der Waals surface area contributed by atoms with Crippen molar-refractivity contribution in [3.05, 3.63) is 47.4 Å². The Balaban J connectivity index is 1.50. The third-order valence-corrected chi connectivity index (χ3v) is 5.02. The molecule has 0 bridgehead atoms. The molecule has 0 aliphatic carbocycles. The molecule has 0 amide bonds. The van der Waals surface area contributed by atoms with Crippen molar-refractivity contribution in [2.75, 3.05) is 12.4 Å². The van der Waals surface area contributed by atoms with Crippen LogP contribution in [0.15, 0.2) is 40.1 Å². The highest BCUT2D eigenvalue weighted by Crippen LogP contribution is 2.26. The molecule has 0 unspecified atom stereocenters. The van der Waals surface area contributed by atoms with Crippen LogP contribution in [-0.2, 0) is 7.05 Å². The molecule has 0 saturated carbocycles. The molecule has 6 heteroatoms. The fraction of sp³-hybridized carbons (Fsp3) is 0.368. The molecule has 2 aromatic heterocycles. The van der Waals surface area contributed by atoms with E-state index in [1.807, 2.05) is 24.6 Å². The van der Waals surface area contributed by atoms with Gasteiger partial charge in [0.05, 0.1) is 18.4 Å². The summed E-state index contributed by atoms with van der Waals surface area (Å²) in [7, 11) is 1.98. The SMILES string of the molecule is Cc1cc(C)cc(OCCCSc2nnc(-c3ccoc3C)n2C)c1. The van der Waals surface area contributed by atoms with Crippen LogP contribution in [0, 0.1) is 20.8 Å². The average molecular weight is 357 g/mol. The molecule has 0 N–H and O–H groups in total. The van der Waals surface area contributed by atoms with Gasteiger partial charge in [0.2, 0.25) is 0 Å². The van der Waals surface area contributed by atoms with Gasteiger partial charge in [-0.3, -0.25) is 0 Å². The van der Waals surface area contributed by atoms with Crippen LogP contribution in [-0.4, -0.2) is 27.1 Å². The molecular weight excluding hydrogens is 334 g/mol. The quantitative estimate of drug-likeness (QED) is 0.458. The van der Waals surface area contributed by atoms with E-state index in [9.17, 15) is 0 Å². The summed E-state index contributed by atoms with van der Waals surface area (Å²) in [5, 5.41) is 9.48. The number of furan rings is 1. The zero-order chi connectivity index (χ0) is 17.8. The lowest BCUT2D eigenvalue weighted by Crippen LogP contribution is -2.00. The molecule has 0 spiro atoms. The van der Waals surface area contributed by atoms with Crippen LogP contribution >= 0.6 is 11.8 Å². The van der Waals surface area contributed by atoms with E-state index in [-0.39, 0.29) is 0 Å². The minimum Gasteiger partial charge on any atom is -0.494 e. The number of hydrogen-bond donors (Lipinski definition) is 0. The van der Waals surface area contributed by atoms with E-state index in [0.717, 1.165) is 40.2 Å². The molecule has 3 rings (SSSR count). The number of rotatable bonds is 7. The Morgan fingerprint density at radius 1 is 1.12 bits per heavy atom. The van der Waals surface area contributed by atoms with Gasteiger partial charge in [-0.1, -0.05) is 17.8 Å². The van der Waals surface area contributed by atoms with Crippen molar-refractivity contribution in [1.29, 1.82) is 0 Å². The van der Waals surface area contributed by atoms with E-state index in [4.69, 9.17) is 9.15 Å². The van der Waals surface area contributed by atoms with E-state index < -0.39 is 0 Å². The number of benzene rings is 1. The number of ether oxygens (including phenoxy) is 1. The number of hydrogen-bond acceptors (Lipinski definition) is 5. The van der Waals surface area contributed by atoms with Gasteiger partial charge in [-0.2, -0.15) is 0 Å². The van der Waals surface area contributed by atoms with E-state index in [2.05, 4.69) is 42.2 Å². The lowest BCUT2D eigenvalue weighted by atomic mass is 10.1. The minimum atomic E-state index is 0.696. The first-order chi connectivity index (χ1) is 12.0. The summed E-state index contributed by atoms with van der Waals surface area (Å²) < 4.78 is 13.2. The predicted molar refractivity (Wildman–Crippen MR) is 100 cm³/mol. The number of aromatic nitrogens is 3. The maximum atomic E-state index is 5.85. The molecule has 3 aromatic rings. The standard InChI is InChI=1S/C19H23N3O2S/c1-13-10-14(2)12-16(11-13)24-7-5-9-25-19-21-20-18(22(19)4)17-6-8-23-15(17)3/h6,8,10-12H,5,7,9H2,1-4H3. The maximum absolute atomic E-state index is 5.85. The molecule has 1 aromatic carbocycles. The van der Waals surface area contributed by atoms with E-state index in [1.54, 1.807) is 18.0 Å². The Kier molecular flexibility index (Phi) is 5.48. The van der Waals surface area contributed by atoms with Crippen molar-refractivity contribution in [2.24, 2.45) is 7.05 Å². The lowest BCUT2D eigenvalue weighted by Gasteiger charge is -2.08. The Labute approximate surface area is 152 Å². The highest BCUT2D eigenvalue weighted by Gasteiger charge is 2.14. The molecule has 5 nitrogen and oxygen atoms in total. The summed E-state index contributed by atoms with van der Waals surface area (Å²) >= 11 is 1.69. The number of thioether (sulfide) groups is 1. The molecular formula is C19H23N3O2S. The van der Waals surface area contributed by atoms with E-state index in [0.29, 0.717) is 6.61 Å². The van der Waals surface area contributed by atoms with Gasteiger partial charge < -0.3 is 13.7 Å². The maximum Gasteiger partial charge on any atom is 0.191 e. The van der Waals surface area contributed by atoms with Gasteiger partial charge in [0.15, 0.2) is 11.0 Å². The van der Waals surface area contributed by atoms with Crippen LogP contribution in [0.25, 0.3) is 11.4 Å². The third-order valence-electron chi connectivity index (χ3n) is 3.92. The third kappa shape index (κ3) is 4.25. The van der Waals surface area contributed by atoms with Gasteiger partial charge >= 0.3 is 0 Å². The first-order valence-corrected chi connectivity index (χ1v) is 9.31. The minimum absolute atomic E-state index is 0.696. The number of nitrogens with zero attached hydrogens (tertiary/aromatic N) is 3. The van der Waals surface area contributed by atoms with Crippen LogP contribution < -0.4 is 4.74 Å². The van der Waals surface area contributed by atoms with Gasteiger partial charge in [0.25, 0.3) is 0 Å². The topological polar surface area (TPSA) is 53.1 Å². The Hall–Kier alpha value is -2.21. The Morgan fingerprint density at radius 3 is 2.56 bits per heavy atom. The lowest BCUT2D eigenvalue weighted by molar-refractivity contribution is 0.318. The first kappa shape index (κ1) is 17.6. The van der Waals surface area contributed by atoms with Crippen molar-refractivity contribution in [3.63, 3.8) is 0 Å². The van der Waals surface area contributed by atoms with Crippen molar-refractivity contribution in [1.82, 2.24) is 14.8 Å². The average Bonchev–Trinajstić information content (AvgIpc) is 3.12. The fourth-order valence-corrected chi connectivity index (χ4v) is 3.54. The summed E-state index contributed by atoms with van der Waals surface area (Å²) in [6.45, 7) is 6.80. The summed E-state index contributed by atoms with van der Waals surface area (Å²) in [6, 6.07) is 8.21. The normalized spacial score (nSPS) is 11.0. The van der Waals surface area contributed by atoms with Crippen LogP contribution in [0.1, 0.15) is 23.3 Å². The predicted octanol–water partition coefficient (Wildman–Crippen LogP) is 4.56. The molecule has 0 aliphatic heterocycles. The van der Waals surface area contributed by atoms with Crippen molar-refractivity contribution in [3.8, 4) is 17.1 Å². The molecule has 25 heavy (non-hydrogen) atoms. The largest absolute Gasteiger partial charge is 0.494 e. The van der Waals surface area contributed by atoms with Crippen LogP contribution in [0.2, 0.25) is 0 Å². The second-order valence-electron chi connectivity index (χ2n) is 6.13. The molecule has 2 heterocycles. The van der Waals surface area contributed by atoms with Gasteiger partial charge in [-0.15, -0.1) is 10.2 Å². The highest BCUT2D eigenvalue weighted by molar-refractivity contribution is 7.99. The smallest absolute Gasteiger partial charge is 0.191 e. The summed E-state index contributed by atoms with van der Waals surface area (Å²) in [5.74, 6) is 3.56. The molecule has 0 radical (unpaired) electrons. The summed E-state index contributed by atoms with van der Waals surface area (Å²) in [6.07, 6.45) is 2.63. The molecule has 0 fully saturated rings. The van der Waals surface area contributed by atoms with Crippen LogP contribution in [0.3, 0.4) is 0 Å². The number of aryl methyl sites for hydroxylation is 3. The second kappa shape index (κ2) is 7.78. The fourth-order valence-electron chi connectivity index (χ4n) is 2.72. The molecule has 0 aliphatic rings. The zero-order valence-corrected chi connectivity index (χ0v) is 15.9. The second-order valence-corrected chi connectivity index (χ2v) is 7.19. The van der Waals surface area contributed by atoms with Crippen molar-refractivity contribution < 1.29 is 9.15 Å². The van der Waals surface area contributed by atoms with Gasteiger partial charge in [-0.25, -0.2) is 0 Å². The van der Waals surface area contributed by atoms with Crippen molar-refractivity contribution >= 4 is 11.8 Å². The first-order valence-electron chi connectivity index (χ1n) is 8.32. The van der Waals surface area contributed by atoms with Crippen LogP contribution in [0.5, 0.6) is 5.75 Å². The summed E-state index contributed by atoms with van der Waals surface area (Å²) in [5.41, 5.74) is 3.44. The van der Waals surface area contributed by atoms with Crippen LogP contribution in [0.4, 0.5) is 0 Å². The van der Waals surface area contributed by atoms with Gasteiger partial charge in [0.1, 0.15) is 11.5 Å². The zero-order valence-electron chi connectivity index (χ0n) is 15.1. The van der Waals surface area contributed by atoms with Gasteiger partial charge in [0, 0.05) is 12.8 Å². The monoisotopic (exact) mass is 357 g/mol. The van der Waals surface area contributed by atoms with Gasteiger partial charge in [-0.05, 0) is 56.5 Å². The molecule has 0 saturated heterocycles. The van der Waals surface area contributed by atoms with E-state index in [1.165, 1.54) is 11.1 Å². The Bertz CT molecular complexity index is 834. The summed E-state index contributed by atoms with van der Waals surface area (Å²) in [4.78, 5) is 0. The molecule has 0 atom stereocenters. The molecule has 132 valence electrons. The van der Waals surface area contributed by atoms with E-state index >= 15 is 0 Å². The highest BCUT2D eigenvalue weighted by atomic mass is 32.2. The van der Waals surface area contributed by atoms with Crippen molar-refractivity contribution in [2.45, 2.75) is 32.3 Å².